The van der Waals surface area contributed by atoms with Gasteiger partial charge in [0.2, 0.25) is 0 Å². The molecule has 0 radical (unpaired) electrons. The maximum atomic E-state index is 13.7. The number of hydrogen-bond acceptors (Lipinski definition) is 2. The third-order valence-electron chi connectivity index (χ3n) is 4.72. The molecule has 0 amide bonds. The van der Waals surface area contributed by atoms with Crippen LogP contribution in [-0.4, -0.2) is 21.4 Å². The van der Waals surface area contributed by atoms with Gasteiger partial charge in [0.25, 0.3) is 0 Å². The van der Waals surface area contributed by atoms with E-state index in [1.54, 1.807) is 24.3 Å². The fraction of sp³-hybridized carbons (Fsp3) is 0.167. The van der Waals surface area contributed by atoms with Gasteiger partial charge in [0, 0.05) is 41.2 Å². The molecule has 0 saturated carbocycles. The highest BCUT2D eigenvalue weighted by Gasteiger charge is 2.18. The summed E-state index contributed by atoms with van der Waals surface area (Å²) < 4.78 is 43.2. The number of carboxylic acid groups (broad SMARTS) is 1. The van der Waals surface area contributed by atoms with Crippen LogP contribution >= 0.6 is 0 Å². The van der Waals surface area contributed by atoms with E-state index in [4.69, 9.17) is 12.0 Å². The second-order valence-corrected chi connectivity index (χ2v) is 6.57. The molecule has 0 aliphatic rings. The molecule has 0 spiro atoms. The zero-order valence-corrected chi connectivity index (χ0v) is 15.1. The van der Waals surface area contributed by atoms with E-state index in [1.807, 2.05) is 18.2 Å². The number of aliphatic carboxylic acids is 1. The largest absolute Gasteiger partial charge is 0.481 e. The first kappa shape index (κ1) is 12.9. The predicted molar refractivity (Wildman–Crippen MR) is 111 cm³/mol. The number of hydrogen-bond donors (Lipinski definition) is 1. The minimum atomic E-state index is -0.938. The van der Waals surface area contributed by atoms with E-state index < -0.39 is 23.8 Å². The van der Waals surface area contributed by atoms with E-state index >= 15 is 0 Å². The number of carboxylic acids is 1. The van der Waals surface area contributed by atoms with Gasteiger partial charge in [-0.15, -0.1) is 0 Å². The highest BCUT2D eigenvalue weighted by Crippen LogP contribution is 2.27. The number of fused-ring (bicyclic) bond motifs is 2. The van der Waals surface area contributed by atoms with Crippen molar-refractivity contribution in [3.8, 4) is 0 Å². The van der Waals surface area contributed by atoms with Crippen molar-refractivity contribution < 1.29 is 21.5 Å². The van der Waals surface area contributed by atoms with Crippen LogP contribution in [-0.2, 0) is 11.3 Å². The Kier molecular flexibility index (Phi) is 3.54. The van der Waals surface area contributed by atoms with Gasteiger partial charge < -0.3 is 9.67 Å². The van der Waals surface area contributed by atoms with Crippen LogP contribution in [0.4, 0.5) is 0 Å². The van der Waals surface area contributed by atoms with E-state index in [1.165, 1.54) is 4.57 Å². The molecular weight excluding hydrogens is 350 g/mol. The highest BCUT2D eigenvalue weighted by atomic mass is 16.4. The molecular formula is C24H21NO3. The molecule has 4 nitrogen and oxygen atoms in total. The van der Waals surface area contributed by atoms with E-state index in [9.17, 15) is 9.59 Å². The zero-order valence-electron chi connectivity index (χ0n) is 20.1. The third kappa shape index (κ3) is 3.41. The zero-order chi connectivity index (χ0) is 23.9. The molecule has 140 valence electrons. The van der Waals surface area contributed by atoms with Crippen LogP contribution in [0, 0.1) is 0 Å². The van der Waals surface area contributed by atoms with Gasteiger partial charge in [0.05, 0.1) is 6.85 Å². The van der Waals surface area contributed by atoms with Crippen LogP contribution in [0.1, 0.15) is 42.0 Å². The first-order valence-corrected chi connectivity index (χ1v) is 9.07. The molecule has 0 atom stereocenters. The van der Waals surface area contributed by atoms with E-state index in [0.29, 0.717) is 23.8 Å². The second-order valence-electron chi connectivity index (χ2n) is 6.57. The van der Waals surface area contributed by atoms with Crippen molar-refractivity contribution in [2.24, 2.45) is 0 Å². The molecule has 4 aromatic rings. The number of aryl methyl sites for hydroxylation is 1. The van der Waals surface area contributed by atoms with Gasteiger partial charge in [-0.1, -0.05) is 60.6 Å². The minimum absolute atomic E-state index is 0.0159. The summed E-state index contributed by atoms with van der Waals surface area (Å²) >= 11 is 0. The van der Waals surface area contributed by atoms with Crippen molar-refractivity contribution >= 4 is 33.4 Å². The second kappa shape index (κ2) is 7.69. The Labute approximate surface area is 170 Å². The van der Waals surface area contributed by atoms with Crippen LogP contribution in [0.25, 0.3) is 21.7 Å². The minimum Gasteiger partial charge on any atom is -0.481 e. The normalized spacial score (nSPS) is 13.6. The van der Waals surface area contributed by atoms with E-state index in [-0.39, 0.29) is 47.7 Å². The molecule has 0 aliphatic heterocycles. The maximum Gasteiger partial charge on any atom is 0.303 e. The lowest BCUT2D eigenvalue weighted by Gasteiger charge is -2.05. The fourth-order valence-corrected chi connectivity index (χ4v) is 3.37. The van der Waals surface area contributed by atoms with Crippen LogP contribution in [0.5, 0.6) is 0 Å². The van der Waals surface area contributed by atoms with Gasteiger partial charge >= 0.3 is 5.97 Å². The molecule has 1 N–H and O–H groups in total. The fourth-order valence-electron chi connectivity index (χ4n) is 3.37. The SMILES string of the molecule is [2H]c1c([2H])c([2H])c2c(c1[2H])c(C(=O)c1cccc3ccccc13)c([2H])n2CCCCC(=O)O. The lowest BCUT2D eigenvalue weighted by Crippen LogP contribution is -2.02. The van der Waals surface area contributed by atoms with Crippen molar-refractivity contribution in [1.82, 2.24) is 4.57 Å². The van der Waals surface area contributed by atoms with Crippen LogP contribution in [0.3, 0.4) is 0 Å². The summed E-state index contributed by atoms with van der Waals surface area (Å²) in [7, 11) is 0. The summed E-state index contributed by atoms with van der Waals surface area (Å²) in [5.41, 5.74) is 0.357. The van der Waals surface area contributed by atoms with Crippen LogP contribution in [0.15, 0.2) is 72.8 Å². The van der Waals surface area contributed by atoms with Gasteiger partial charge in [-0.05, 0) is 29.7 Å². The predicted octanol–water partition coefficient (Wildman–Crippen LogP) is 5.28. The standard InChI is InChI=1S/C24H21NO3/c26-23(27)14-5-6-15-25-16-21(19-11-3-4-13-22(19)25)24(28)20-12-7-9-17-8-1-2-10-18(17)20/h1-4,7-13,16H,5-6,14-15H2,(H,26,27)/i3D,4D,11D,13D,16D. The van der Waals surface area contributed by atoms with Crippen molar-refractivity contribution in [3.63, 3.8) is 0 Å². The maximum absolute atomic E-state index is 13.7. The quantitative estimate of drug-likeness (QED) is 0.353. The summed E-state index contributed by atoms with van der Waals surface area (Å²) in [6.07, 6.45) is 0.468. The monoisotopic (exact) mass is 376 g/mol. The van der Waals surface area contributed by atoms with Crippen LogP contribution in [0.2, 0.25) is 0 Å². The first-order valence-electron chi connectivity index (χ1n) is 11.6. The number of rotatable bonds is 7. The summed E-state index contributed by atoms with van der Waals surface area (Å²) in [5.74, 6) is -1.43. The Morgan fingerprint density at radius 1 is 0.929 bits per heavy atom. The molecule has 1 heterocycles. The Balaban J connectivity index is 1.95. The molecule has 0 aliphatic carbocycles. The molecule has 3 aromatic carbocycles. The Morgan fingerprint density at radius 3 is 2.57 bits per heavy atom. The number of benzene rings is 3. The molecule has 0 fully saturated rings. The number of aromatic nitrogens is 1. The number of para-hydroxylation sites is 1. The number of carbonyl (C=O) groups excluding carboxylic acids is 1. The molecule has 4 heteroatoms. The van der Waals surface area contributed by atoms with Crippen molar-refractivity contribution in [2.45, 2.75) is 25.8 Å². The first-order chi connectivity index (χ1) is 15.7. The smallest absolute Gasteiger partial charge is 0.303 e. The summed E-state index contributed by atoms with van der Waals surface area (Å²) in [6, 6.07) is 11.0. The Morgan fingerprint density at radius 2 is 1.71 bits per heavy atom. The molecule has 0 saturated heterocycles. The molecule has 4 rings (SSSR count). The van der Waals surface area contributed by atoms with Gasteiger partial charge in [-0.2, -0.15) is 0 Å². The lowest BCUT2D eigenvalue weighted by molar-refractivity contribution is -0.137. The lowest BCUT2D eigenvalue weighted by atomic mass is 9.97. The van der Waals surface area contributed by atoms with E-state index in [2.05, 4.69) is 0 Å². The third-order valence-corrected chi connectivity index (χ3v) is 4.72. The van der Waals surface area contributed by atoms with Crippen molar-refractivity contribution in [3.05, 3.63) is 83.9 Å². The average Bonchev–Trinajstić information content (AvgIpc) is 3.10. The molecule has 0 unspecified atom stereocenters. The summed E-state index contributed by atoms with van der Waals surface area (Å²) in [4.78, 5) is 24.6. The van der Waals surface area contributed by atoms with Gasteiger partial charge in [-0.3, -0.25) is 9.59 Å². The highest BCUT2D eigenvalue weighted by molar-refractivity contribution is 6.21. The topological polar surface area (TPSA) is 59.3 Å². The average molecular weight is 376 g/mol. The summed E-state index contributed by atoms with van der Waals surface area (Å²) in [5, 5.41) is 10.4. The number of ketones is 1. The van der Waals surface area contributed by atoms with Gasteiger partial charge in [0.15, 0.2) is 5.78 Å². The molecule has 28 heavy (non-hydrogen) atoms. The molecule has 0 bridgehead atoms. The van der Waals surface area contributed by atoms with Gasteiger partial charge in [-0.25, -0.2) is 0 Å². The Bertz CT molecular complexity index is 1420. The van der Waals surface area contributed by atoms with E-state index in [0.717, 1.165) is 5.39 Å². The van der Waals surface area contributed by atoms with Gasteiger partial charge in [0.1, 0.15) is 0 Å². The number of nitrogens with zero attached hydrogens (tertiary/aromatic N) is 1. The Hall–Kier alpha value is -3.40. The van der Waals surface area contributed by atoms with Crippen LogP contribution < -0.4 is 0 Å². The summed E-state index contributed by atoms with van der Waals surface area (Å²) in [6.45, 7) is 0.160. The number of unbranched alkanes of at least 4 members (excludes halogenated alkanes) is 1. The number of carbonyl (C=O) groups is 2. The van der Waals surface area contributed by atoms with Crippen molar-refractivity contribution in [1.29, 1.82) is 0 Å². The molecule has 1 aromatic heterocycles. The van der Waals surface area contributed by atoms with Crippen molar-refractivity contribution in [2.75, 3.05) is 0 Å².